The molecule has 0 radical (unpaired) electrons. The molecular formula is C22H23N5O2. The summed E-state index contributed by atoms with van der Waals surface area (Å²) >= 11 is 0. The number of hydrogen-bond donors (Lipinski definition) is 3. The molecule has 1 fully saturated rings. The van der Waals surface area contributed by atoms with Gasteiger partial charge in [-0.3, -0.25) is 5.10 Å². The van der Waals surface area contributed by atoms with Gasteiger partial charge < -0.3 is 20.2 Å². The van der Waals surface area contributed by atoms with Crippen LogP contribution in [-0.2, 0) is 11.2 Å². The van der Waals surface area contributed by atoms with E-state index in [1.54, 1.807) is 6.20 Å². The summed E-state index contributed by atoms with van der Waals surface area (Å²) in [6, 6.07) is 15.7. The van der Waals surface area contributed by atoms with E-state index in [0.29, 0.717) is 13.0 Å². The zero-order valence-electron chi connectivity index (χ0n) is 16.2. The highest BCUT2D eigenvalue weighted by Gasteiger charge is 2.38. The number of nitrogens with two attached hydrogens (primary N) is 1. The monoisotopic (exact) mass is 389 g/mol. The van der Waals surface area contributed by atoms with Gasteiger partial charge in [0.1, 0.15) is 17.3 Å². The van der Waals surface area contributed by atoms with Gasteiger partial charge in [0.2, 0.25) is 0 Å². The maximum absolute atomic E-state index is 6.21. The number of rotatable bonds is 5. The fraction of sp³-hybridized carbons (Fsp3) is 0.273. The molecule has 2 aromatic heterocycles. The number of ether oxygens (including phenoxy) is 2. The Morgan fingerprint density at radius 1 is 1.17 bits per heavy atom. The molecule has 1 aliphatic rings. The van der Waals surface area contributed by atoms with E-state index in [-0.39, 0.29) is 11.6 Å². The molecular weight excluding hydrogens is 366 g/mol. The van der Waals surface area contributed by atoms with Crippen LogP contribution in [0.15, 0.2) is 54.7 Å². The van der Waals surface area contributed by atoms with Crippen molar-refractivity contribution in [1.29, 1.82) is 0 Å². The normalized spacial score (nSPS) is 21.7. The number of fused-ring (bicyclic) bond motifs is 1. The SMILES string of the molecule is C[C@]1(Cc2nc3ccc(Oc4ccc(-c5ccn[nH]5)cc4)cc3[nH]2)OCCC1N. The molecule has 7 nitrogen and oxygen atoms in total. The van der Waals surface area contributed by atoms with Crippen LogP contribution in [0.2, 0.25) is 0 Å². The molecule has 5 rings (SSSR count). The first kappa shape index (κ1) is 17.9. The Balaban J connectivity index is 1.33. The third-order valence-electron chi connectivity index (χ3n) is 5.57. The van der Waals surface area contributed by atoms with Gasteiger partial charge in [-0.25, -0.2) is 4.98 Å². The molecule has 7 heteroatoms. The molecule has 1 saturated heterocycles. The summed E-state index contributed by atoms with van der Waals surface area (Å²) in [7, 11) is 0. The number of nitrogens with one attached hydrogen (secondary N) is 2. The topological polar surface area (TPSA) is 102 Å². The summed E-state index contributed by atoms with van der Waals surface area (Å²) in [6.45, 7) is 2.76. The fourth-order valence-corrected chi connectivity index (χ4v) is 3.79. The van der Waals surface area contributed by atoms with Gasteiger partial charge in [-0.05, 0) is 61.4 Å². The standard InChI is InChI=1S/C22H23N5O2/c1-22(20(23)9-11-28-22)13-21-25-18-7-6-16(12-19(18)26-21)29-15-4-2-14(3-5-15)17-8-10-24-27-17/h2-8,10,12,20H,9,11,13,23H2,1H3,(H,24,27)(H,25,26)/t20?,22-/m1/s1. The Morgan fingerprint density at radius 3 is 2.72 bits per heavy atom. The zero-order chi connectivity index (χ0) is 19.8. The van der Waals surface area contributed by atoms with Crippen LogP contribution in [0.3, 0.4) is 0 Å². The van der Waals surface area contributed by atoms with Gasteiger partial charge >= 0.3 is 0 Å². The number of benzene rings is 2. The van der Waals surface area contributed by atoms with E-state index in [4.69, 9.17) is 15.2 Å². The van der Waals surface area contributed by atoms with Gasteiger partial charge in [0.05, 0.1) is 22.3 Å². The highest BCUT2D eigenvalue weighted by molar-refractivity contribution is 5.77. The zero-order valence-corrected chi connectivity index (χ0v) is 16.2. The second-order valence-electron chi connectivity index (χ2n) is 7.69. The molecule has 2 atom stereocenters. The van der Waals surface area contributed by atoms with Gasteiger partial charge in [0, 0.05) is 31.3 Å². The van der Waals surface area contributed by atoms with Crippen molar-refractivity contribution in [3.63, 3.8) is 0 Å². The molecule has 148 valence electrons. The molecule has 2 aromatic carbocycles. The molecule has 0 saturated carbocycles. The smallest absolute Gasteiger partial charge is 0.129 e. The minimum Gasteiger partial charge on any atom is -0.457 e. The summed E-state index contributed by atoms with van der Waals surface area (Å²) in [4.78, 5) is 8.07. The Kier molecular flexibility index (Phi) is 4.34. The maximum Gasteiger partial charge on any atom is 0.129 e. The molecule has 0 bridgehead atoms. The highest BCUT2D eigenvalue weighted by atomic mass is 16.5. The Hall–Kier alpha value is -3.16. The number of aromatic amines is 2. The molecule has 0 spiro atoms. The first-order valence-corrected chi connectivity index (χ1v) is 9.75. The number of aromatic nitrogens is 4. The van der Waals surface area contributed by atoms with Crippen LogP contribution in [0.4, 0.5) is 0 Å². The van der Waals surface area contributed by atoms with E-state index in [1.165, 1.54) is 0 Å². The van der Waals surface area contributed by atoms with Crippen LogP contribution in [0, 0.1) is 0 Å². The number of H-pyrrole nitrogens is 2. The number of hydrogen-bond acceptors (Lipinski definition) is 5. The second-order valence-corrected chi connectivity index (χ2v) is 7.69. The third kappa shape index (κ3) is 3.50. The molecule has 3 heterocycles. The van der Waals surface area contributed by atoms with Crippen molar-refractivity contribution in [3.05, 3.63) is 60.6 Å². The second kappa shape index (κ2) is 7.02. The summed E-state index contributed by atoms with van der Waals surface area (Å²) in [6.07, 6.45) is 3.28. The van der Waals surface area contributed by atoms with Gasteiger partial charge in [-0.15, -0.1) is 0 Å². The van der Waals surface area contributed by atoms with Crippen LogP contribution in [0.25, 0.3) is 22.3 Å². The van der Waals surface area contributed by atoms with Crippen LogP contribution >= 0.6 is 0 Å². The van der Waals surface area contributed by atoms with Gasteiger partial charge in [-0.2, -0.15) is 5.10 Å². The van der Waals surface area contributed by atoms with Crippen molar-refractivity contribution in [2.75, 3.05) is 6.61 Å². The van der Waals surface area contributed by atoms with Crippen molar-refractivity contribution >= 4 is 11.0 Å². The summed E-state index contributed by atoms with van der Waals surface area (Å²) < 4.78 is 11.9. The first-order valence-electron chi connectivity index (χ1n) is 9.75. The van der Waals surface area contributed by atoms with E-state index in [2.05, 4.69) is 27.1 Å². The van der Waals surface area contributed by atoms with Crippen molar-refractivity contribution in [2.24, 2.45) is 5.73 Å². The van der Waals surface area contributed by atoms with E-state index in [0.717, 1.165) is 46.0 Å². The van der Waals surface area contributed by atoms with E-state index >= 15 is 0 Å². The lowest BCUT2D eigenvalue weighted by atomic mass is 9.93. The van der Waals surface area contributed by atoms with Crippen LogP contribution in [-0.4, -0.2) is 38.4 Å². The third-order valence-corrected chi connectivity index (χ3v) is 5.57. The van der Waals surface area contributed by atoms with Gasteiger partial charge in [0.15, 0.2) is 0 Å². The van der Waals surface area contributed by atoms with Crippen molar-refractivity contribution in [3.8, 4) is 22.8 Å². The average Bonchev–Trinajstić information content (AvgIpc) is 3.44. The van der Waals surface area contributed by atoms with Crippen molar-refractivity contribution < 1.29 is 9.47 Å². The Morgan fingerprint density at radius 2 is 2.00 bits per heavy atom. The molecule has 0 aliphatic carbocycles. The van der Waals surface area contributed by atoms with E-state index in [9.17, 15) is 0 Å². The van der Waals surface area contributed by atoms with E-state index in [1.807, 2.05) is 48.5 Å². The van der Waals surface area contributed by atoms with Crippen molar-refractivity contribution in [1.82, 2.24) is 20.2 Å². The molecule has 1 aliphatic heterocycles. The Bertz CT molecular complexity index is 1120. The van der Waals surface area contributed by atoms with Gasteiger partial charge in [0.25, 0.3) is 0 Å². The molecule has 0 amide bonds. The summed E-state index contributed by atoms with van der Waals surface area (Å²) in [5.41, 5.74) is 9.71. The maximum atomic E-state index is 6.21. The Labute approximate surface area is 168 Å². The number of nitrogens with zero attached hydrogens (tertiary/aromatic N) is 2. The van der Waals surface area contributed by atoms with Crippen molar-refractivity contribution in [2.45, 2.75) is 31.4 Å². The molecule has 4 N–H and O–H groups in total. The van der Waals surface area contributed by atoms with E-state index < -0.39 is 0 Å². The van der Waals surface area contributed by atoms with Crippen LogP contribution < -0.4 is 10.5 Å². The predicted octanol–water partition coefficient (Wildman–Crippen LogP) is 3.79. The van der Waals surface area contributed by atoms with Gasteiger partial charge in [-0.1, -0.05) is 0 Å². The fourth-order valence-electron chi connectivity index (χ4n) is 3.79. The summed E-state index contributed by atoms with van der Waals surface area (Å²) in [5, 5.41) is 6.94. The van der Waals surface area contributed by atoms with Crippen LogP contribution in [0.5, 0.6) is 11.5 Å². The predicted molar refractivity (Wildman–Crippen MR) is 111 cm³/mol. The lowest BCUT2D eigenvalue weighted by Gasteiger charge is -2.26. The lowest BCUT2D eigenvalue weighted by molar-refractivity contribution is 0.0109. The molecule has 4 aromatic rings. The highest BCUT2D eigenvalue weighted by Crippen LogP contribution is 2.30. The summed E-state index contributed by atoms with van der Waals surface area (Å²) in [5.74, 6) is 2.40. The van der Waals surface area contributed by atoms with Crippen LogP contribution in [0.1, 0.15) is 19.2 Å². The minimum atomic E-state index is -0.371. The average molecular weight is 389 g/mol. The quantitative estimate of drug-likeness (QED) is 0.482. The lowest BCUT2D eigenvalue weighted by Crippen LogP contribution is -2.44. The molecule has 1 unspecified atom stereocenters. The number of imidazole rings is 1. The first-order chi connectivity index (χ1) is 14.1. The largest absolute Gasteiger partial charge is 0.457 e. The minimum absolute atomic E-state index is 0.0272. The molecule has 29 heavy (non-hydrogen) atoms.